The molecule has 3 aliphatic heterocycles. The number of pyridine rings is 2. The molecule has 1 amide bonds. The average Bonchev–Trinajstić information content (AvgIpc) is 3.96. The highest BCUT2D eigenvalue weighted by atomic mass is 32.2. The number of carbonyl (C=O) groups is 1. The fourth-order valence-corrected chi connectivity index (χ4v) is 11.8. The first-order chi connectivity index (χ1) is 31.2. The van der Waals surface area contributed by atoms with E-state index in [1.807, 2.05) is 6.07 Å². The smallest absolute Gasteiger partial charge is 0.270 e. The number of hydrogen-bond acceptors (Lipinski definition) is 11. The van der Waals surface area contributed by atoms with Gasteiger partial charge in [-0.1, -0.05) is 52.0 Å². The van der Waals surface area contributed by atoms with Crippen molar-refractivity contribution in [2.75, 3.05) is 61.8 Å². The maximum Gasteiger partial charge on any atom is 0.270 e. The molecule has 5 N–H and O–H groups in total. The first-order valence-electron chi connectivity index (χ1n) is 23.5. The molecule has 15 heteroatoms. The van der Waals surface area contributed by atoms with Gasteiger partial charge in [-0.25, -0.2) is 27.5 Å². The Morgan fingerprint density at radius 3 is 2.46 bits per heavy atom. The molecule has 346 valence electrons. The molecule has 9 rings (SSSR count). The van der Waals surface area contributed by atoms with Crippen molar-refractivity contribution < 1.29 is 22.3 Å². The molecule has 1 atom stereocenters. The number of piperidine rings is 2. The van der Waals surface area contributed by atoms with Gasteiger partial charge in [0.25, 0.3) is 15.9 Å². The summed E-state index contributed by atoms with van der Waals surface area (Å²) in [6.07, 6.45) is 12.5. The number of H-pyrrole nitrogens is 1. The number of amides is 1. The highest BCUT2D eigenvalue weighted by Gasteiger charge is 2.50. The highest BCUT2D eigenvalue weighted by molar-refractivity contribution is 7.90. The number of rotatable bonds is 14. The van der Waals surface area contributed by atoms with Crippen LogP contribution in [0.1, 0.15) is 113 Å². The zero-order valence-electron chi connectivity index (χ0n) is 38.2. The third-order valence-corrected chi connectivity index (χ3v) is 15.8. The Hall–Kier alpha value is -5.25. The SMILES string of the molecule is CC(C)CN1CCC(F)(CNc2ccc(S(=O)(=O)NC(=O)c3cnc(N4CCC5(CC4)CC(N4CCC[C@H]4c4ccccc4C(C)C)C5)cc3Oc3cnc4[nH]ccc4c3)cc2N)CC1. The summed E-state index contributed by atoms with van der Waals surface area (Å²) in [7, 11) is -4.40. The lowest BCUT2D eigenvalue weighted by Crippen LogP contribution is -2.55. The van der Waals surface area contributed by atoms with E-state index in [0.29, 0.717) is 78.2 Å². The molecule has 65 heavy (non-hydrogen) atoms. The Morgan fingerprint density at radius 1 is 0.954 bits per heavy atom. The van der Waals surface area contributed by atoms with Crippen LogP contribution in [0.25, 0.3) is 11.0 Å². The third kappa shape index (κ3) is 9.69. The van der Waals surface area contributed by atoms with Gasteiger partial charge in [0.15, 0.2) is 0 Å². The largest absolute Gasteiger partial charge is 0.455 e. The number of anilines is 3. The first-order valence-corrected chi connectivity index (χ1v) is 25.0. The second-order valence-corrected chi connectivity index (χ2v) is 21.5. The number of likely N-dealkylation sites (tertiary alicyclic amines) is 2. The standard InChI is InChI=1S/C50H64FN9O4S/c1-33(2)31-58-20-16-50(51,17-21-58)32-56-43-12-11-38(25-42(43)52)65(62,63)57-48(61)41-30-54-46(26-45(41)64-37-24-35-13-18-53-47(35)55-29-37)59-22-14-49(15-23-59)27-36(28-49)60-19-7-10-44(60)40-9-6-5-8-39(40)34(3)4/h5-6,8-9,11-13,18,24-26,29-30,33-34,36,44,56H,7,10,14-17,19-23,27-28,31-32,52H2,1-4H3,(H,53,55)(H,57,61)/t44-/m0/s1. The van der Waals surface area contributed by atoms with Crippen LogP contribution in [0.3, 0.4) is 0 Å². The van der Waals surface area contributed by atoms with Gasteiger partial charge in [-0.3, -0.25) is 9.69 Å². The molecule has 0 bridgehead atoms. The number of nitrogen functional groups attached to an aromatic ring is 1. The Labute approximate surface area is 382 Å². The van der Waals surface area contributed by atoms with E-state index in [4.69, 9.17) is 15.5 Å². The minimum atomic E-state index is -4.40. The number of carbonyl (C=O) groups excluding carboxylic acids is 1. The maximum absolute atomic E-state index is 15.7. The van der Waals surface area contributed by atoms with Crippen LogP contribution < -0.4 is 25.4 Å². The lowest BCUT2D eigenvalue weighted by molar-refractivity contribution is -0.0228. The number of benzene rings is 2. The van der Waals surface area contributed by atoms with Gasteiger partial charge in [-0.2, -0.15) is 0 Å². The van der Waals surface area contributed by atoms with Gasteiger partial charge < -0.3 is 30.6 Å². The summed E-state index contributed by atoms with van der Waals surface area (Å²) >= 11 is 0. The summed E-state index contributed by atoms with van der Waals surface area (Å²) in [6, 6.07) is 19.6. The van der Waals surface area contributed by atoms with Gasteiger partial charge in [0.1, 0.15) is 34.2 Å². The van der Waals surface area contributed by atoms with Crippen molar-refractivity contribution >= 4 is 44.2 Å². The minimum absolute atomic E-state index is 0.0556. The van der Waals surface area contributed by atoms with Gasteiger partial charge in [-0.15, -0.1) is 0 Å². The Kier molecular flexibility index (Phi) is 12.6. The van der Waals surface area contributed by atoms with Crippen LogP contribution in [0.4, 0.5) is 21.6 Å². The number of sulfonamides is 1. The molecule has 4 fully saturated rings. The predicted molar refractivity (Wildman–Crippen MR) is 255 cm³/mol. The van der Waals surface area contributed by atoms with Crippen molar-refractivity contribution in [3.63, 3.8) is 0 Å². The molecule has 0 radical (unpaired) electrons. The lowest BCUT2D eigenvalue weighted by Gasteiger charge is -2.56. The van der Waals surface area contributed by atoms with E-state index in [-0.39, 0.29) is 28.4 Å². The van der Waals surface area contributed by atoms with Crippen LogP contribution >= 0.6 is 0 Å². The zero-order valence-corrected chi connectivity index (χ0v) is 39.0. The number of nitrogens with one attached hydrogen (secondary N) is 3. The average molecular weight is 906 g/mol. The van der Waals surface area contributed by atoms with Crippen molar-refractivity contribution in [2.45, 2.75) is 108 Å². The Balaban J connectivity index is 0.867. The maximum atomic E-state index is 15.7. The van der Waals surface area contributed by atoms with Crippen molar-refractivity contribution in [1.82, 2.24) is 29.5 Å². The molecule has 13 nitrogen and oxygen atoms in total. The van der Waals surface area contributed by atoms with Crippen LogP contribution in [0.2, 0.25) is 0 Å². The zero-order chi connectivity index (χ0) is 45.5. The predicted octanol–water partition coefficient (Wildman–Crippen LogP) is 9.03. The van der Waals surface area contributed by atoms with Crippen LogP contribution in [0.5, 0.6) is 11.5 Å². The van der Waals surface area contributed by atoms with Gasteiger partial charge >= 0.3 is 0 Å². The number of ether oxygens (including phenoxy) is 1. The van der Waals surface area contributed by atoms with Gasteiger partial charge in [0.2, 0.25) is 0 Å². The highest BCUT2D eigenvalue weighted by Crippen LogP contribution is 2.54. The number of hydrogen-bond donors (Lipinski definition) is 4. The second-order valence-electron chi connectivity index (χ2n) is 19.8. The summed E-state index contributed by atoms with van der Waals surface area (Å²) in [5, 5.41) is 3.91. The molecule has 1 spiro atoms. The normalized spacial score (nSPS) is 20.4. The quantitative estimate of drug-likeness (QED) is 0.0787. The Bertz CT molecular complexity index is 2610. The molecule has 1 saturated carbocycles. The number of nitrogens with zero attached hydrogens (tertiary/aromatic N) is 5. The summed E-state index contributed by atoms with van der Waals surface area (Å²) in [5.41, 5.74) is 9.36. The molecule has 5 aromatic rings. The van der Waals surface area contributed by atoms with Crippen LogP contribution in [0.15, 0.2) is 84.1 Å². The van der Waals surface area contributed by atoms with E-state index in [1.54, 1.807) is 24.5 Å². The summed E-state index contributed by atoms with van der Waals surface area (Å²) in [5.74, 6) is 1.29. The summed E-state index contributed by atoms with van der Waals surface area (Å²) in [4.78, 5) is 33.3. The minimum Gasteiger partial charge on any atom is -0.455 e. The van der Waals surface area contributed by atoms with Gasteiger partial charge in [0, 0.05) is 75.2 Å². The van der Waals surface area contributed by atoms with E-state index >= 15 is 4.39 Å². The van der Waals surface area contributed by atoms with Gasteiger partial charge in [0.05, 0.1) is 22.5 Å². The van der Waals surface area contributed by atoms with Crippen LogP contribution in [0, 0.1) is 11.3 Å². The first kappa shape index (κ1) is 44.9. The van der Waals surface area contributed by atoms with Gasteiger partial charge in [-0.05, 0) is 117 Å². The molecule has 0 unspecified atom stereocenters. The fraction of sp³-hybridized carbons (Fsp3) is 0.500. The Morgan fingerprint density at radius 2 is 1.72 bits per heavy atom. The number of aromatic nitrogens is 3. The topological polar surface area (TPSA) is 162 Å². The molecular weight excluding hydrogens is 842 g/mol. The molecule has 6 heterocycles. The third-order valence-electron chi connectivity index (χ3n) is 14.5. The van der Waals surface area contributed by atoms with E-state index in [9.17, 15) is 13.2 Å². The summed E-state index contributed by atoms with van der Waals surface area (Å²) < 4.78 is 51.7. The lowest BCUT2D eigenvalue weighted by atomic mass is 9.60. The molecule has 3 saturated heterocycles. The van der Waals surface area contributed by atoms with Crippen molar-refractivity contribution in [3.8, 4) is 11.5 Å². The molecule has 4 aliphatic rings. The fourth-order valence-electron chi connectivity index (χ4n) is 10.8. The number of fused-ring (bicyclic) bond motifs is 1. The van der Waals surface area contributed by atoms with Crippen LogP contribution in [-0.4, -0.2) is 96.6 Å². The number of nitrogens with two attached hydrogens (primary N) is 1. The van der Waals surface area contributed by atoms with Crippen LogP contribution in [-0.2, 0) is 10.0 Å². The second kappa shape index (κ2) is 18.2. The monoisotopic (exact) mass is 905 g/mol. The molecular formula is C50H64FN9O4S. The van der Waals surface area contributed by atoms with Crippen molar-refractivity contribution in [1.29, 1.82) is 0 Å². The number of aromatic amines is 1. The molecule has 1 aliphatic carbocycles. The number of alkyl halides is 1. The van der Waals surface area contributed by atoms with E-state index in [1.165, 1.54) is 61.2 Å². The van der Waals surface area contributed by atoms with Crippen molar-refractivity contribution in [3.05, 3.63) is 95.9 Å². The summed E-state index contributed by atoms with van der Waals surface area (Å²) in [6.45, 7) is 14.0. The van der Waals surface area contributed by atoms with E-state index in [2.05, 4.69) is 86.7 Å². The van der Waals surface area contributed by atoms with E-state index < -0.39 is 21.6 Å². The molecule has 2 aromatic carbocycles. The van der Waals surface area contributed by atoms with E-state index in [0.717, 1.165) is 44.4 Å². The molecule has 3 aromatic heterocycles. The number of halogens is 1. The van der Waals surface area contributed by atoms with Crippen molar-refractivity contribution in [2.24, 2.45) is 11.3 Å².